The van der Waals surface area contributed by atoms with Crippen molar-refractivity contribution in [2.24, 2.45) is 0 Å². The van der Waals surface area contributed by atoms with Crippen molar-refractivity contribution in [2.75, 3.05) is 0 Å². The van der Waals surface area contributed by atoms with Gasteiger partial charge in [-0.25, -0.2) is 0 Å². The molecule has 0 aliphatic heterocycles. The maximum atomic E-state index is 11.2. The Bertz CT molecular complexity index is 377. The number of ether oxygens (including phenoxy) is 2. The molecule has 4 heteroatoms. The quantitative estimate of drug-likeness (QED) is 0.461. The van der Waals surface area contributed by atoms with Crippen molar-refractivity contribution in [3.05, 3.63) is 35.9 Å². The molecule has 0 amide bonds. The third-order valence-electron chi connectivity index (χ3n) is 3.11. The number of hydrogen-bond acceptors (Lipinski definition) is 4. The minimum atomic E-state index is -0.711. The number of benzene rings is 1. The number of rotatable bonds is 11. The first-order valence-electron chi connectivity index (χ1n) is 7.01. The molecule has 0 heterocycles. The van der Waals surface area contributed by atoms with E-state index in [1.807, 2.05) is 30.3 Å². The lowest BCUT2D eigenvalue weighted by Crippen LogP contribution is -2.32. The van der Waals surface area contributed by atoms with Gasteiger partial charge < -0.3 is 14.3 Å². The van der Waals surface area contributed by atoms with Crippen molar-refractivity contribution in [3.63, 3.8) is 0 Å². The Kier molecular flexibility index (Phi) is 8.31. The zero-order valence-corrected chi connectivity index (χ0v) is 11.9. The monoisotopic (exact) mass is 278 g/mol. The molecule has 1 aromatic carbocycles. The van der Waals surface area contributed by atoms with Gasteiger partial charge in [0, 0.05) is 0 Å². The van der Waals surface area contributed by atoms with Gasteiger partial charge in [0.05, 0.1) is 6.61 Å². The molecular formula is C16H22O4. The maximum Gasteiger partial charge on any atom is 0.293 e. The van der Waals surface area contributed by atoms with Crippen LogP contribution in [0.4, 0.5) is 0 Å². The summed E-state index contributed by atoms with van der Waals surface area (Å²) in [5, 5.41) is 0. The number of aldehydes is 1. The third kappa shape index (κ3) is 5.97. The number of carbonyl (C=O) groups is 2. The SMILES string of the molecule is CCCCC[C@@H](OC=O)[C@@H](C=O)OCc1ccccc1. The molecule has 20 heavy (non-hydrogen) atoms. The minimum Gasteiger partial charge on any atom is -0.461 e. The van der Waals surface area contributed by atoms with Gasteiger partial charge in [-0.15, -0.1) is 0 Å². The van der Waals surface area contributed by atoms with E-state index in [0.29, 0.717) is 25.8 Å². The molecular weight excluding hydrogens is 256 g/mol. The van der Waals surface area contributed by atoms with Crippen LogP contribution in [-0.4, -0.2) is 25.0 Å². The molecule has 2 atom stereocenters. The van der Waals surface area contributed by atoms with E-state index in [1.54, 1.807) is 0 Å². The van der Waals surface area contributed by atoms with E-state index in [2.05, 4.69) is 6.92 Å². The fourth-order valence-corrected chi connectivity index (χ4v) is 1.98. The van der Waals surface area contributed by atoms with Crippen LogP contribution in [0.15, 0.2) is 30.3 Å². The number of carbonyl (C=O) groups excluding carboxylic acids is 2. The molecule has 0 fully saturated rings. The van der Waals surface area contributed by atoms with Gasteiger partial charge in [0.15, 0.2) is 6.29 Å². The topological polar surface area (TPSA) is 52.6 Å². The molecule has 0 aliphatic rings. The summed E-state index contributed by atoms with van der Waals surface area (Å²) in [5.41, 5.74) is 0.984. The molecule has 0 aromatic heterocycles. The summed E-state index contributed by atoms with van der Waals surface area (Å²) < 4.78 is 10.6. The van der Waals surface area contributed by atoms with Crippen LogP contribution in [-0.2, 0) is 25.7 Å². The highest BCUT2D eigenvalue weighted by atomic mass is 16.6. The molecule has 1 aromatic rings. The van der Waals surface area contributed by atoms with Crippen LogP contribution in [0, 0.1) is 0 Å². The van der Waals surface area contributed by atoms with E-state index in [1.165, 1.54) is 0 Å². The number of hydrogen-bond donors (Lipinski definition) is 0. The Morgan fingerprint density at radius 3 is 2.50 bits per heavy atom. The molecule has 0 N–H and O–H groups in total. The molecule has 0 radical (unpaired) electrons. The van der Waals surface area contributed by atoms with Crippen LogP contribution in [0.3, 0.4) is 0 Å². The average molecular weight is 278 g/mol. The minimum absolute atomic E-state index is 0.330. The Balaban J connectivity index is 2.51. The highest BCUT2D eigenvalue weighted by Crippen LogP contribution is 2.13. The predicted octanol–water partition coefficient (Wildman–Crippen LogP) is 2.89. The van der Waals surface area contributed by atoms with Gasteiger partial charge in [0.25, 0.3) is 6.47 Å². The van der Waals surface area contributed by atoms with Crippen LogP contribution in [0.1, 0.15) is 38.2 Å². The highest BCUT2D eigenvalue weighted by molar-refractivity contribution is 5.57. The lowest BCUT2D eigenvalue weighted by Gasteiger charge is -2.21. The Morgan fingerprint density at radius 1 is 1.15 bits per heavy atom. The molecule has 0 saturated heterocycles. The molecule has 110 valence electrons. The second-order valence-corrected chi connectivity index (χ2v) is 4.66. The van der Waals surface area contributed by atoms with Crippen LogP contribution < -0.4 is 0 Å². The van der Waals surface area contributed by atoms with E-state index in [0.717, 1.165) is 24.8 Å². The first-order valence-corrected chi connectivity index (χ1v) is 7.01. The second-order valence-electron chi connectivity index (χ2n) is 4.66. The van der Waals surface area contributed by atoms with E-state index >= 15 is 0 Å². The summed E-state index contributed by atoms with van der Waals surface area (Å²) in [6, 6.07) is 9.59. The zero-order chi connectivity index (χ0) is 14.6. The van der Waals surface area contributed by atoms with E-state index in [4.69, 9.17) is 9.47 Å². The van der Waals surface area contributed by atoms with Crippen molar-refractivity contribution < 1.29 is 19.1 Å². The standard InChI is InChI=1S/C16H22O4/c1-2-3-5-10-15(20-13-18)16(11-17)19-12-14-8-6-4-7-9-14/h4,6-9,11,13,15-16H,2-3,5,10,12H2,1H3/t15-,16-/m1/s1. The molecule has 0 saturated carbocycles. The van der Waals surface area contributed by atoms with Crippen LogP contribution in [0.2, 0.25) is 0 Å². The van der Waals surface area contributed by atoms with Gasteiger partial charge in [-0.1, -0.05) is 50.1 Å². The van der Waals surface area contributed by atoms with E-state index < -0.39 is 12.2 Å². The first-order chi connectivity index (χ1) is 9.81. The summed E-state index contributed by atoms with van der Waals surface area (Å²) in [6.07, 6.45) is 3.17. The lowest BCUT2D eigenvalue weighted by molar-refractivity contribution is -0.147. The third-order valence-corrected chi connectivity index (χ3v) is 3.11. The van der Waals surface area contributed by atoms with Gasteiger partial charge in [-0.05, 0) is 18.4 Å². The van der Waals surface area contributed by atoms with Gasteiger partial charge in [0.1, 0.15) is 12.2 Å². The number of unbranched alkanes of at least 4 members (excludes halogenated alkanes) is 2. The Morgan fingerprint density at radius 2 is 1.90 bits per heavy atom. The van der Waals surface area contributed by atoms with Crippen molar-refractivity contribution in [3.8, 4) is 0 Å². The summed E-state index contributed by atoms with van der Waals surface area (Å²) >= 11 is 0. The molecule has 1 rings (SSSR count). The fourth-order valence-electron chi connectivity index (χ4n) is 1.98. The van der Waals surface area contributed by atoms with Crippen LogP contribution in [0.25, 0.3) is 0 Å². The predicted molar refractivity (Wildman–Crippen MR) is 76.2 cm³/mol. The zero-order valence-electron chi connectivity index (χ0n) is 11.9. The van der Waals surface area contributed by atoms with Crippen molar-refractivity contribution in [1.29, 1.82) is 0 Å². The maximum absolute atomic E-state index is 11.2. The van der Waals surface area contributed by atoms with Crippen molar-refractivity contribution in [2.45, 2.75) is 51.4 Å². The second kappa shape index (κ2) is 10.1. The smallest absolute Gasteiger partial charge is 0.293 e. The van der Waals surface area contributed by atoms with Crippen molar-refractivity contribution >= 4 is 12.8 Å². The van der Waals surface area contributed by atoms with Gasteiger partial charge in [0.2, 0.25) is 0 Å². The summed E-state index contributed by atoms with van der Waals surface area (Å²) in [6.45, 7) is 2.81. The fraction of sp³-hybridized carbons (Fsp3) is 0.500. The van der Waals surface area contributed by atoms with Crippen molar-refractivity contribution in [1.82, 2.24) is 0 Å². The van der Waals surface area contributed by atoms with E-state index in [9.17, 15) is 9.59 Å². The molecule has 0 bridgehead atoms. The summed E-state index contributed by atoms with van der Waals surface area (Å²) in [4.78, 5) is 21.7. The van der Waals surface area contributed by atoms with Gasteiger partial charge in [-0.3, -0.25) is 4.79 Å². The summed E-state index contributed by atoms with van der Waals surface area (Å²) in [7, 11) is 0. The van der Waals surface area contributed by atoms with Gasteiger partial charge >= 0.3 is 0 Å². The van der Waals surface area contributed by atoms with Crippen LogP contribution in [0.5, 0.6) is 0 Å². The molecule has 0 spiro atoms. The Hall–Kier alpha value is -1.68. The first kappa shape index (κ1) is 16.4. The van der Waals surface area contributed by atoms with Gasteiger partial charge in [-0.2, -0.15) is 0 Å². The molecule has 0 unspecified atom stereocenters. The normalized spacial score (nSPS) is 13.4. The largest absolute Gasteiger partial charge is 0.461 e. The highest BCUT2D eigenvalue weighted by Gasteiger charge is 2.22. The summed E-state index contributed by atoms with van der Waals surface area (Å²) in [5.74, 6) is 0. The average Bonchev–Trinajstić information content (AvgIpc) is 2.49. The molecule has 4 nitrogen and oxygen atoms in total. The van der Waals surface area contributed by atoms with Crippen LogP contribution >= 0.6 is 0 Å². The molecule has 0 aliphatic carbocycles. The lowest BCUT2D eigenvalue weighted by atomic mass is 10.1. The van der Waals surface area contributed by atoms with E-state index in [-0.39, 0.29) is 0 Å². The Labute approximate surface area is 120 Å².